The number of aromatic nitrogens is 3. The van der Waals surface area contributed by atoms with E-state index in [4.69, 9.17) is 0 Å². The Hall–Kier alpha value is -2.35. The van der Waals surface area contributed by atoms with E-state index >= 15 is 0 Å². The number of likely N-dealkylation sites (N-methyl/N-ethyl adjacent to an activating group) is 1. The second-order valence-corrected chi connectivity index (χ2v) is 5.58. The van der Waals surface area contributed by atoms with Crippen LogP contribution < -0.4 is 4.90 Å². The van der Waals surface area contributed by atoms with Crippen LogP contribution in [0.4, 0.5) is 14.5 Å². The molecule has 2 heterocycles. The van der Waals surface area contributed by atoms with Gasteiger partial charge in [0, 0.05) is 13.6 Å². The first-order valence-electron chi connectivity index (χ1n) is 7.27. The minimum Gasteiger partial charge on any atom is -0.306 e. The van der Waals surface area contributed by atoms with Crippen molar-refractivity contribution in [2.45, 2.75) is 19.0 Å². The molecule has 1 aliphatic rings. The van der Waals surface area contributed by atoms with Crippen molar-refractivity contribution in [3.8, 4) is 0 Å². The van der Waals surface area contributed by atoms with Crippen LogP contribution >= 0.6 is 0 Å². The number of hydrogen-bond acceptors (Lipinski definition) is 4. The molecule has 3 rings (SSSR count). The molecule has 0 saturated carbocycles. The van der Waals surface area contributed by atoms with E-state index in [0.29, 0.717) is 13.0 Å². The largest absolute Gasteiger partial charge is 0.306 e. The van der Waals surface area contributed by atoms with Crippen LogP contribution in [0.2, 0.25) is 0 Å². The monoisotopic (exact) mass is 321 g/mol. The number of benzene rings is 1. The summed E-state index contributed by atoms with van der Waals surface area (Å²) in [5.74, 6) is -1.04. The zero-order valence-corrected chi connectivity index (χ0v) is 12.9. The van der Waals surface area contributed by atoms with Gasteiger partial charge >= 0.3 is 0 Å². The summed E-state index contributed by atoms with van der Waals surface area (Å²) in [5, 5.41) is 3.99. The number of rotatable bonds is 4. The van der Waals surface area contributed by atoms with Gasteiger partial charge in [-0.25, -0.2) is 13.8 Å². The van der Waals surface area contributed by atoms with E-state index in [1.165, 1.54) is 17.3 Å². The molecule has 122 valence electrons. The van der Waals surface area contributed by atoms with E-state index in [2.05, 4.69) is 10.1 Å². The lowest BCUT2D eigenvalue weighted by Crippen LogP contribution is -2.40. The highest BCUT2D eigenvalue weighted by Crippen LogP contribution is 2.29. The number of nitrogens with zero attached hydrogens (tertiary/aromatic N) is 5. The van der Waals surface area contributed by atoms with Gasteiger partial charge in [0.05, 0.1) is 12.6 Å². The highest BCUT2D eigenvalue weighted by Gasteiger charge is 2.37. The molecular weight excluding hydrogens is 304 g/mol. The van der Waals surface area contributed by atoms with E-state index in [1.54, 1.807) is 18.8 Å². The van der Waals surface area contributed by atoms with Gasteiger partial charge in [0.25, 0.3) is 0 Å². The maximum atomic E-state index is 13.9. The summed E-state index contributed by atoms with van der Waals surface area (Å²) in [6, 6.07) is 3.16. The summed E-state index contributed by atoms with van der Waals surface area (Å²) < 4.78 is 29.4. The molecule has 0 radical (unpaired) electrons. The van der Waals surface area contributed by atoms with Crippen molar-refractivity contribution >= 4 is 11.6 Å². The Kier molecular flexibility index (Phi) is 4.08. The molecule has 1 aromatic heterocycles. The van der Waals surface area contributed by atoms with Crippen LogP contribution in [0.5, 0.6) is 0 Å². The zero-order chi connectivity index (χ0) is 16.6. The number of amides is 1. The third-order valence-electron chi connectivity index (χ3n) is 4.11. The van der Waals surface area contributed by atoms with Gasteiger partial charge in [-0.1, -0.05) is 6.07 Å². The fraction of sp³-hybridized carbons (Fsp3) is 0.400. The normalized spacial score (nSPS) is 18.2. The van der Waals surface area contributed by atoms with E-state index in [9.17, 15) is 13.6 Å². The van der Waals surface area contributed by atoms with Gasteiger partial charge in [0.2, 0.25) is 5.91 Å². The molecule has 0 spiro atoms. The van der Waals surface area contributed by atoms with Crippen LogP contribution in [0.15, 0.2) is 24.5 Å². The van der Waals surface area contributed by atoms with E-state index in [-0.39, 0.29) is 18.1 Å². The van der Waals surface area contributed by atoms with Crippen LogP contribution in [0.1, 0.15) is 12.2 Å². The second-order valence-electron chi connectivity index (χ2n) is 5.58. The first-order valence-corrected chi connectivity index (χ1v) is 7.27. The molecule has 0 unspecified atom stereocenters. The topological polar surface area (TPSA) is 54.3 Å². The van der Waals surface area contributed by atoms with Gasteiger partial charge in [-0.3, -0.25) is 14.4 Å². The van der Waals surface area contributed by atoms with Crippen LogP contribution in [0, 0.1) is 11.6 Å². The van der Waals surface area contributed by atoms with Crippen LogP contribution in [0.3, 0.4) is 0 Å². The molecule has 1 atom stereocenters. The van der Waals surface area contributed by atoms with E-state index in [1.807, 2.05) is 4.90 Å². The Morgan fingerprint density at radius 1 is 1.35 bits per heavy atom. The quantitative estimate of drug-likeness (QED) is 0.852. The maximum absolute atomic E-state index is 13.9. The SMILES string of the molecule is CN(Cc1ncnn1C)[C@@H]1CCN(c2c(F)cccc2F)C1=O. The zero-order valence-electron chi connectivity index (χ0n) is 12.9. The molecule has 0 N–H and O–H groups in total. The maximum Gasteiger partial charge on any atom is 0.244 e. The highest BCUT2D eigenvalue weighted by atomic mass is 19.1. The van der Waals surface area contributed by atoms with Crippen molar-refractivity contribution in [1.82, 2.24) is 19.7 Å². The standard InChI is InChI=1S/C15H17F2N5O/c1-20(8-13-18-9-19-21(13)2)12-6-7-22(15(12)23)14-10(16)4-3-5-11(14)17/h3-5,9,12H,6-8H2,1-2H3/t12-/m1/s1. The predicted octanol–water partition coefficient (Wildman–Crippen LogP) is 1.33. The molecule has 6 nitrogen and oxygen atoms in total. The van der Waals surface area contributed by atoms with Crippen molar-refractivity contribution in [1.29, 1.82) is 0 Å². The predicted molar refractivity (Wildman–Crippen MR) is 79.6 cm³/mol. The molecule has 1 amide bonds. The lowest BCUT2D eigenvalue weighted by molar-refractivity contribution is -0.121. The minimum atomic E-state index is -0.727. The van der Waals surface area contributed by atoms with Crippen LogP contribution in [-0.2, 0) is 18.4 Å². The van der Waals surface area contributed by atoms with Crippen LogP contribution in [0.25, 0.3) is 0 Å². The van der Waals surface area contributed by atoms with E-state index < -0.39 is 17.7 Å². The number of anilines is 1. The van der Waals surface area contributed by atoms with Gasteiger partial charge in [-0.15, -0.1) is 0 Å². The summed E-state index contributed by atoms with van der Waals surface area (Å²) >= 11 is 0. The molecule has 23 heavy (non-hydrogen) atoms. The number of halogens is 2. The van der Waals surface area contributed by atoms with Gasteiger partial charge < -0.3 is 4.90 Å². The first kappa shape index (κ1) is 15.5. The third kappa shape index (κ3) is 2.81. The average Bonchev–Trinajstić information content (AvgIpc) is 3.06. The Morgan fingerprint density at radius 2 is 2.04 bits per heavy atom. The van der Waals surface area contributed by atoms with Gasteiger partial charge in [-0.2, -0.15) is 5.10 Å². The molecule has 0 aliphatic carbocycles. The van der Waals surface area contributed by atoms with Gasteiger partial charge in [0.15, 0.2) is 0 Å². The number of carbonyl (C=O) groups excluding carboxylic acids is 1. The molecule has 1 fully saturated rings. The molecular formula is C15H17F2N5O. The fourth-order valence-corrected chi connectivity index (χ4v) is 2.84. The molecule has 0 bridgehead atoms. The van der Waals surface area contributed by atoms with Gasteiger partial charge in [-0.05, 0) is 25.6 Å². The molecule has 1 aliphatic heterocycles. The van der Waals surface area contributed by atoms with Gasteiger partial charge in [0.1, 0.15) is 29.5 Å². The summed E-state index contributed by atoms with van der Waals surface area (Å²) in [6.07, 6.45) is 1.95. The average molecular weight is 321 g/mol. The Morgan fingerprint density at radius 3 is 2.65 bits per heavy atom. The molecule has 8 heteroatoms. The minimum absolute atomic E-state index is 0.271. The molecule has 2 aromatic rings. The van der Waals surface area contributed by atoms with Crippen molar-refractivity contribution in [2.75, 3.05) is 18.5 Å². The van der Waals surface area contributed by atoms with Crippen molar-refractivity contribution < 1.29 is 13.6 Å². The summed E-state index contributed by atoms with van der Waals surface area (Å²) in [7, 11) is 3.56. The lowest BCUT2D eigenvalue weighted by Gasteiger charge is -2.23. The second kappa shape index (κ2) is 6.04. The molecule has 1 aromatic carbocycles. The Balaban J connectivity index is 1.77. The summed E-state index contributed by atoms with van der Waals surface area (Å²) in [6.45, 7) is 0.713. The third-order valence-corrected chi connectivity index (χ3v) is 4.11. The number of hydrogen-bond donors (Lipinski definition) is 0. The van der Waals surface area contributed by atoms with Crippen molar-refractivity contribution in [2.24, 2.45) is 7.05 Å². The molecule has 1 saturated heterocycles. The summed E-state index contributed by atoms with van der Waals surface area (Å²) in [5.41, 5.74) is -0.271. The lowest BCUT2D eigenvalue weighted by atomic mass is 10.2. The Bertz CT molecular complexity index is 712. The van der Waals surface area contributed by atoms with Crippen LogP contribution in [-0.4, -0.2) is 45.2 Å². The fourth-order valence-electron chi connectivity index (χ4n) is 2.84. The summed E-state index contributed by atoms with van der Waals surface area (Å²) in [4.78, 5) is 19.7. The highest BCUT2D eigenvalue weighted by molar-refractivity contribution is 5.99. The number of para-hydroxylation sites is 1. The van der Waals surface area contributed by atoms with Crippen molar-refractivity contribution in [3.05, 3.63) is 42.0 Å². The van der Waals surface area contributed by atoms with E-state index in [0.717, 1.165) is 18.0 Å². The first-order chi connectivity index (χ1) is 11.0. The Labute approximate surface area is 132 Å². The number of carbonyl (C=O) groups is 1. The smallest absolute Gasteiger partial charge is 0.244 e. The van der Waals surface area contributed by atoms with Crippen molar-refractivity contribution in [3.63, 3.8) is 0 Å². The number of aryl methyl sites for hydroxylation is 1.